The van der Waals surface area contributed by atoms with E-state index < -0.39 is 9.84 Å². The Kier molecular flexibility index (Phi) is 6.55. The molecule has 2 saturated heterocycles. The van der Waals surface area contributed by atoms with Crippen LogP contribution in [0.5, 0.6) is 5.75 Å². The minimum atomic E-state index is -3.21. The van der Waals surface area contributed by atoms with Gasteiger partial charge in [-0.25, -0.2) is 8.42 Å². The molecular weight excluding hydrogens is 350 g/mol. The fraction of sp³-hybridized carbons (Fsp3) is 0.684. The van der Waals surface area contributed by atoms with Gasteiger partial charge in [0.15, 0.2) is 9.84 Å². The molecule has 1 unspecified atom stereocenters. The molecule has 146 valence electrons. The van der Waals surface area contributed by atoms with Crippen LogP contribution in [0.15, 0.2) is 29.2 Å². The van der Waals surface area contributed by atoms with Crippen molar-refractivity contribution in [2.75, 3.05) is 45.9 Å². The molecule has 6 nitrogen and oxygen atoms in total. The first-order valence-corrected chi connectivity index (χ1v) is 11.1. The van der Waals surface area contributed by atoms with E-state index in [1.165, 1.54) is 6.42 Å². The molecule has 1 aromatic rings. The lowest BCUT2D eigenvalue weighted by molar-refractivity contribution is 0.153. The summed E-state index contributed by atoms with van der Waals surface area (Å²) in [5.74, 6) is 1.45. The van der Waals surface area contributed by atoms with Crippen LogP contribution in [0.3, 0.4) is 0 Å². The lowest BCUT2D eigenvalue weighted by Gasteiger charge is -2.33. The Morgan fingerprint density at radius 3 is 2.58 bits per heavy atom. The van der Waals surface area contributed by atoms with Crippen LogP contribution in [0, 0.1) is 5.92 Å². The van der Waals surface area contributed by atoms with Crippen LogP contribution in [-0.2, 0) is 9.84 Å². The molecule has 2 aliphatic rings. The molecule has 0 saturated carbocycles. The van der Waals surface area contributed by atoms with E-state index in [0.29, 0.717) is 30.6 Å². The third kappa shape index (κ3) is 4.97. The van der Waals surface area contributed by atoms with Gasteiger partial charge >= 0.3 is 0 Å². The third-order valence-electron chi connectivity index (χ3n) is 5.15. The molecule has 2 aliphatic heterocycles. The molecule has 26 heavy (non-hydrogen) atoms. The Labute approximate surface area is 157 Å². The van der Waals surface area contributed by atoms with E-state index in [-0.39, 0.29) is 5.25 Å². The third-order valence-corrected chi connectivity index (χ3v) is 7.29. The quantitative estimate of drug-likeness (QED) is 0.704. The molecule has 3 rings (SSSR count). The van der Waals surface area contributed by atoms with Gasteiger partial charge in [0.05, 0.1) is 16.2 Å². The summed E-state index contributed by atoms with van der Waals surface area (Å²) in [6.45, 7) is 10.4. The lowest BCUT2D eigenvalue weighted by Crippen LogP contribution is -2.53. The Balaban J connectivity index is 1.48. The minimum absolute atomic E-state index is 0.294. The fourth-order valence-corrected chi connectivity index (χ4v) is 4.82. The van der Waals surface area contributed by atoms with Crippen LogP contribution >= 0.6 is 0 Å². The standard InChI is InChI=1S/C19H31N3O3S/c1-15(2)7-9-22-10-8-21-16(13-22)14-25-17-3-5-18(6-4-17)26(23,24)19-11-20-12-19/h3-6,15-16,19-21H,7-14H2,1-2H3. The number of rotatable bonds is 8. The number of nitrogens with one attached hydrogen (secondary N) is 2. The van der Waals surface area contributed by atoms with Crippen molar-refractivity contribution in [3.63, 3.8) is 0 Å². The number of benzene rings is 1. The molecule has 0 amide bonds. The summed E-state index contributed by atoms with van der Waals surface area (Å²) in [5, 5.41) is 6.22. The van der Waals surface area contributed by atoms with Gasteiger partial charge in [-0.05, 0) is 43.1 Å². The number of piperazine rings is 1. The predicted octanol–water partition coefficient (Wildman–Crippen LogP) is 1.13. The van der Waals surface area contributed by atoms with Gasteiger partial charge in [-0.2, -0.15) is 0 Å². The molecular formula is C19H31N3O3S. The zero-order valence-corrected chi connectivity index (χ0v) is 16.6. The molecule has 7 heteroatoms. The van der Waals surface area contributed by atoms with Crippen molar-refractivity contribution >= 4 is 9.84 Å². The maximum Gasteiger partial charge on any atom is 0.183 e. The van der Waals surface area contributed by atoms with Crippen LogP contribution in [0.1, 0.15) is 20.3 Å². The molecule has 0 aromatic heterocycles. The second-order valence-electron chi connectivity index (χ2n) is 7.74. The molecule has 1 aromatic carbocycles. The summed E-state index contributed by atoms with van der Waals surface area (Å²) >= 11 is 0. The SMILES string of the molecule is CC(C)CCN1CCNC(COc2ccc(S(=O)(=O)C3CNC3)cc2)C1. The Hall–Kier alpha value is -1.15. The summed E-state index contributed by atoms with van der Waals surface area (Å²) in [5.41, 5.74) is 0. The van der Waals surface area contributed by atoms with Crippen molar-refractivity contribution in [3.05, 3.63) is 24.3 Å². The molecule has 2 heterocycles. The van der Waals surface area contributed by atoms with Crippen molar-refractivity contribution in [1.82, 2.24) is 15.5 Å². The first-order valence-electron chi connectivity index (χ1n) is 9.58. The number of sulfone groups is 1. The normalized spacial score (nSPS) is 22.3. The Morgan fingerprint density at radius 2 is 1.96 bits per heavy atom. The van der Waals surface area contributed by atoms with Gasteiger partial charge in [0.2, 0.25) is 0 Å². The molecule has 0 bridgehead atoms. The van der Waals surface area contributed by atoms with Gasteiger partial charge in [0, 0.05) is 32.7 Å². The summed E-state index contributed by atoms with van der Waals surface area (Å²) in [4.78, 5) is 2.87. The maximum absolute atomic E-state index is 12.4. The molecule has 1 atom stereocenters. The van der Waals surface area contributed by atoms with Crippen molar-refractivity contribution in [1.29, 1.82) is 0 Å². The number of nitrogens with zero attached hydrogens (tertiary/aromatic N) is 1. The van der Waals surface area contributed by atoms with E-state index in [9.17, 15) is 8.42 Å². The summed E-state index contributed by atoms with van der Waals surface area (Å²) in [7, 11) is -3.21. The molecule has 0 aliphatic carbocycles. The Bertz CT molecular complexity index is 672. The van der Waals surface area contributed by atoms with E-state index in [1.54, 1.807) is 24.3 Å². The number of hydrogen-bond donors (Lipinski definition) is 2. The lowest BCUT2D eigenvalue weighted by atomic mass is 10.1. The Morgan fingerprint density at radius 1 is 1.23 bits per heavy atom. The first-order chi connectivity index (χ1) is 12.4. The van der Waals surface area contributed by atoms with E-state index >= 15 is 0 Å². The molecule has 0 radical (unpaired) electrons. The number of ether oxygens (including phenoxy) is 1. The largest absolute Gasteiger partial charge is 0.492 e. The monoisotopic (exact) mass is 381 g/mol. The highest BCUT2D eigenvalue weighted by Crippen LogP contribution is 2.22. The van der Waals surface area contributed by atoms with Crippen LogP contribution in [0.2, 0.25) is 0 Å². The fourth-order valence-electron chi connectivity index (χ4n) is 3.25. The van der Waals surface area contributed by atoms with Crippen molar-refractivity contribution in [2.45, 2.75) is 36.5 Å². The highest BCUT2D eigenvalue weighted by molar-refractivity contribution is 7.92. The van der Waals surface area contributed by atoms with E-state index in [0.717, 1.165) is 37.8 Å². The first kappa shape index (κ1) is 19.6. The van der Waals surface area contributed by atoms with Gasteiger partial charge in [0.1, 0.15) is 12.4 Å². The van der Waals surface area contributed by atoms with Crippen LogP contribution < -0.4 is 15.4 Å². The zero-order chi connectivity index (χ0) is 18.6. The van der Waals surface area contributed by atoms with Crippen molar-refractivity contribution in [3.8, 4) is 5.75 Å². The van der Waals surface area contributed by atoms with Gasteiger partial charge in [0.25, 0.3) is 0 Å². The average molecular weight is 382 g/mol. The predicted molar refractivity (Wildman–Crippen MR) is 103 cm³/mol. The van der Waals surface area contributed by atoms with Crippen molar-refractivity contribution < 1.29 is 13.2 Å². The topological polar surface area (TPSA) is 70.7 Å². The number of hydrogen-bond acceptors (Lipinski definition) is 6. The van der Waals surface area contributed by atoms with Gasteiger partial charge in [-0.15, -0.1) is 0 Å². The van der Waals surface area contributed by atoms with Crippen LogP contribution in [-0.4, -0.2) is 70.5 Å². The highest BCUT2D eigenvalue weighted by Gasteiger charge is 2.32. The maximum atomic E-state index is 12.4. The van der Waals surface area contributed by atoms with E-state index in [2.05, 4.69) is 29.4 Å². The highest BCUT2D eigenvalue weighted by atomic mass is 32.2. The zero-order valence-electron chi connectivity index (χ0n) is 15.8. The average Bonchev–Trinajstić information content (AvgIpc) is 2.57. The van der Waals surface area contributed by atoms with Crippen molar-refractivity contribution in [2.24, 2.45) is 5.92 Å². The molecule has 2 N–H and O–H groups in total. The van der Waals surface area contributed by atoms with Gasteiger partial charge in [-0.3, -0.25) is 0 Å². The second kappa shape index (κ2) is 8.69. The molecule has 2 fully saturated rings. The van der Waals surface area contributed by atoms with E-state index in [4.69, 9.17) is 4.74 Å². The second-order valence-corrected chi connectivity index (χ2v) is 9.97. The van der Waals surface area contributed by atoms with Gasteiger partial charge < -0.3 is 20.3 Å². The summed E-state index contributed by atoms with van der Waals surface area (Å²) in [6.07, 6.45) is 1.22. The van der Waals surface area contributed by atoms with Gasteiger partial charge in [-0.1, -0.05) is 13.8 Å². The van der Waals surface area contributed by atoms with E-state index in [1.807, 2.05) is 0 Å². The smallest absolute Gasteiger partial charge is 0.183 e. The summed E-state index contributed by atoms with van der Waals surface area (Å²) < 4.78 is 30.7. The molecule has 0 spiro atoms. The van der Waals surface area contributed by atoms with Crippen LogP contribution in [0.4, 0.5) is 0 Å². The minimum Gasteiger partial charge on any atom is -0.492 e. The summed E-state index contributed by atoms with van der Waals surface area (Å²) in [6, 6.07) is 7.15. The van der Waals surface area contributed by atoms with Crippen LogP contribution in [0.25, 0.3) is 0 Å².